The molecule has 112 valence electrons. The fourth-order valence-electron chi connectivity index (χ4n) is 2.17. The van der Waals surface area contributed by atoms with Crippen molar-refractivity contribution in [2.75, 3.05) is 14.2 Å². The van der Waals surface area contributed by atoms with Crippen LogP contribution in [0, 0.1) is 12.7 Å². The molecule has 0 N–H and O–H groups in total. The molecular formula is C16H18FNO3. The van der Waals surface area contributed by atoms with E-state index >= 15 is 0 Å². The van der Waals surface area contributed by atoms with Gasteiger partial charge in [0, 0.05) is 12.1 Å². The van der Waals surface area contributed by atoms with Gasteiger partial charge in [0.25, 0.3) is 0 Å². The molecule has 0 saturated carbocycles. The number of halogens is 1. The number of benzene rings is 1. The summed E-state index contributed by atoms with van der Waals surface area (Å²) in [6.45, 7) is 2.65. The Morgan fingerprint density at radius 3 is 2.71 bits per heavy atom. The molecule has 0 aliphatic rings. The molecule has 0 amide bonds. The molecule has 0 saturated heterocycles. The lowest BCUT2D eigenvalue weighted by molar-refractivity contribution is 0.0599. The van der Waals surface area contributed by atoms with Crippen LogP contribution in [0.2, 0.25) is 0 Å². The number of esters is 1. The van der Waals surface area contributed by atoms with Crippen molar-refractivity contribution in [3.8, 4) is 0 Å². The van der Waals surface area contributed by atoms with Gasteiger partial charge in [-0.2, -0.15) is 0 Å². The van der Waals surface area contributed by atoms with E-state index in [9.17, 15) is 9.18 Å². The summed E-state index contributed by atoms with van der Waals surface area (Å²) in [5.41, 5.74) is 1.04. The second kappa shape index (κ2) is 6.54. The minimum atomic E-state index is -0.417. The summed E-state index contributed by atoms with van der Waals surface area (Å²) >= 11 is 0. The van der Waals surface area contributed by atoms with Crippen LogP contribution >= 0.6 is 0 Å². The smallest absolute Gasteiger partial charge is 0.341 e. The van der Waals surface area contributed by atoms with Gasteiger partial charge >= 0.3 is 5.97 Å². The van der Waals surface area contributed by atoms with E-state index in [1.54, 1.807) is 31.2 Å². The molecule has 0 fully saturated rings. The normalized spacial score (nSPS) is 10.9. The lowest BCUT2D eigenvalue weighted by Crippen LogP contribution is -2.17. The molecule has 1 aromatic carbocycles. The topological polar surface area (TPSA) is 42.7 Å². The Morgan fingerprint density at radius 2 is 2.05 bits per heavy atom. The predicted molar refractivity (Wildman–Crippen MR) is 76.4 cm³/mol. The molecule has 0 spiro atoms. The SMILES string of the molecule is COC(=O)c1cc(CN(C)Cc2ccccc2F)oc1C. The zero-order chi connectivity index (χ0) is 15.4. The molecule has 1 aromatic heterocycles. The summed E-state index contributed by atoms with van der Waals surface area (Å²) in [6.07, 6.45) is 0. The number of ether oxygens (including phenoxy) is 1. The third-order valence-corrected chi connectivity index (χ3v) is 3.20. The highest BCUT2D eigenvalue weighted by molar-refractivity contribution is 5.90. The Hall–Kier alpha value is -2.14. The monoisotopic (exact) mass is 291 g/mol. The van der Waals surface area contributed by atoms with Crippen molar-refractivity contribution < 1.29 is 18.3 Å². The number of carbonyl (C=O) groups excluding carboxylic acids is 1. The van der Waals surface area contributed by atoms with Crippen molar-refractivity contribution in [2.24, 2.45) is 0 Å². The van der Waals surface area contributed by atoms with Crippen LogP contribution in [-0.2, 0) is 17.8 Å². The van der Waals surface area contributed by atoms with Gasteiger partial charge in [0.1, 0.15) is 22.9 Å². The largest absolute Gasteiger partial charge is 0.465 e. The fraction of sp³-hybridized carbons (Fsp3) is 0.312. The Kier molecular flexibility index (Phi) is 4.75. The van der Waals surface area contributed by atoms with Crippen LogP contribution in [0.5, 0.6) is 0 Å². The van der Waals surface area contributed by atoms with E-state index < -0.39 is 5.97 Å². The Balaban J connectivity index is 2.05. The van der Waals surface area contributed by atoms with Crippen LogP contribution in [0.15, 0.2) is 34.7 Å². The third kappa shape index (κ3) is 3.70. The molecule has 5 heteroatoms. The van der Waals surface area contributed by atoms with E-state index in [4.69, 9.17) is 4.42 Å². The van der Waals surface area contributed by atoms with E-state index in [-0.39, 0.29) is 5.82 Å². The van der Waals surface area contributed by atoms with E-state index in [2.05, 4.69) is 4.74 Å². The number of aryl methyl sites for hydroxylation is 1. The maximum absolute atomic E-state index is 13.6. The van der Waals surface area contributed by atoms with Gasteiger partial charge in [-0.15, -0.1) is 0 Å². The number of methoxy groups -OCH3 is 1. The van der Waals surface area contributed by atoms with Gasteiger partial charge in [-0.25, -0.2) is 9.18 Å². The maximum Gasteiger partial charge on any atom is 0.341 e. The zero-order valence-electron chi connectivity index (χ0n) is 12.4. The number of hydrogen-bond donors (Lipinski definition) is 0. The minimum Gasteiger partial charge on any atom is -0.465 e. The van der Waals surface area contributed by atoms with E-state index in [0.29, 0.717) is 35.7 Å². The van der Waals surface area contributed by atoms with Crippen molar-refractivity contribution in [1.29, 1.82) is 0 Å². The molecule has 2 rings (SSSR count). The third-order valence-electron chi connectivity index (χ3n) is 3.20. The van der Waals surface area contributed by atoms with Crippen molar-refractivity contribution in [2.45, 2.75) is 20.0 Å². The Bertz CT molecular complexity index is 636. The van der Waals surface area contributed by atoms with Crippen LogP contribution in [0.1, 0.15) is 27.4 Å². The van der Waals surface area contributed by atoms with Crippen molar-refractivity contribution >= 4 is 5.97 Å². The summed E-state index contributed by atoms with van der Waals surface area (Å²) in [5.74, 6) is 0.525. The summed E-state index contributed by atoms with van der Waals surface area (Å²) in [7, 11) is 3.20. The summed E-state index contributed by atoms with van der Waals surface area (Å²) in [5, 5.41) is 0. The molecular weight excluding hydrogens is 273 g/mol. The lowest BCUT2D eigenvalue weighted by Gasteiger charge is -2.15. The van der Waals surface area contributed by atoms with Crippen molar-refractivity contribution in [3.05, 3.63) is 58.8 Å². The highest BCUT2D eigenvalue weighted by Crippen LogP contribution is 2.18. The average molecular weight is 291 g/mol. The lowest BCUT2D eigenvalue weighted by atomic mass is 10.2. The van der Waals surface area contributed by atoms with Crippen LogP contribution < -0.4 is 0 Å². The highest BCUT2D eigenvalue weighted by Gasteiger charge is 2.16. The van der Waals surface area contributed by atoms with Gasteiger partial charge in [-0.05, 0) is 26.1 Å². The summed E-state index contributed by atoms with van der Waals surface area (Å²) < 4.78 is 23.8. The summed E-state index contributed by atoms with van der Waals surface area (Å²) in [4.78, 5) is 13.4. The Labute approximate surface area is 123 Å². The first-order valence-electron chi connectivity index (χ1n) is 6.61. The number of hydrogen-bond acceptors (Lipinski definition) is 4. The Morgan fingerprint density at radius 1 is 1.33 bits per heavy atom. The molecule has 2 aromatic rings. The first-order valence-corrected chi connectivity index (χ1v) is 6.61. The molecule has 0 bridgehead atoms. The predicted octanol–water partition coefficient (Wildman–Crippen LogP) is 3.15. The van der Waals surface area contributed by atoms with Gasteiger partial charge < -0.3 is 9.15 Å². The van der Waals surface area contributed by atoms with Crippen molar-refractivity contribution in [3.63, 3.8) is 0 Å². The van der Waals surface area contributed by atoms with E-state index in [0.717, 1.165) is 0 Å². The van der Waals surface area contributed by atoms with Gasteiger partial charge in [0.2, 0.25) is 0 Å². The van der Waals surface area contributed by atoms with Crippen molar-refractivity contribution in [1.82, 2.24) is 4.90 Å². The second-order valence-corrected chi connectivity index (χ2v) is 4.94. The van der Waals surface area contributed by atoms with Gasteiger partial charge in [-0.3, -0.25) is 4.90 Å². The van der Waals surface area contributed by atoms with Crippen LogP contribution in [0.25, 0.3) is 0 Å². The second-order valence-electron chi connectivity index (χ2n) is 4.94. The molecule has 4 nitrogen and oxygen atoms in total. The highest BCUT2D eigenvalue weighted by atomic mass is 19.1. The summed E-state index contributed by atoms with van der Waals surface area (Å²) in [6, 6.07) is 8.32. The quantitative estimate of drug-likeness (QED) is 0.794. The molecule has 0 atom stereocenters. The number of carbonyl (C=O) groups is 1. The number of nitrogens with zero attached hydrogens (tertiary/aromatic N) is 1. The van der Waals surface area contributed by atoms with E-state index in [1.165, 1.54) is 13.2 Å². The first kappa shape index (κ1) is 15.3. The van der Waals surface area contributed by atoms with Crippen LogP contribution in [0.4, 0.5) is 4.39 Å². The molecule has 0 aliphatic heterocycles. The number of furan rings is 1. The van der Waals surface area contributed by atoms with Crippen LogP contribution in [0.3, 0.4) is 0 Å². The molecule has 0 radical (unpaired) electrons. The van der Waals surface area contributed by atoms with Gasteiger partial charge in [-0.1, -0.05) is 18.2 Å². The average Bonchev–Trinajstić information content (AvgIpc) is 2.81. The van der Waals surface area contributed by atoms with E-state index in [1.807, 2.05) is 11.9 Å². The maximum atomic E-state index is 13.6. The zero-order valence-corrected chi connectivity index (χ0v) is 12.4. The molecule has 1 heterocycles. The van der Waals surface area contributed by atoms with Gasteiger partial charge in [0.15, 0.2) is 0 Å². The van der Waals surface area contributed by atoms with Gasteiger partial charge in [0.05, 0.1) is 13.7 Å². The molecule has 0 aliphatic carbocycles. The minimum absolute atomic E-state index is 0.227. The number of rotatable bonds is 5. The fourth-order valence-corrected chi connectivity index (χ4v) is 2.17. The van der Waals surface area contributed by atoms with Crippen LogP contribution in [-0.4, -0.2) is 25.0 Å². The molecule has 0 unspecified atom stereocenters. The molecule has 21 heavy (non-hydrogen) atoms. The standard InChI is InChI=1S/C16H18FNO3/c1-11-14(16(19)20-3)8-13(21-11)10-18(2)9-12-6-4-5-7-15(12)17/h4-8H,9-10H2,1-3H3. The first-order chi connectivity index (χ1) is 10.0.